The van der Waals surface area contributed by atoms with Crippen molar-refractivity contribution >= 4 is 22.7 Å². The number of thiophene rings is 1. The summed E-state index contributed by atoms with van der Waals surface area (Å²) in [6, 6.07) is 5.25. The first-order valence-electron chi connectivity index (χ1n) is 7.21. The molecule has 1 aliphatic heterocycles. The Morgan fingerprint density at radius 2 is 2.29 bits per heavy atom. The van der Waals surface area contributed by atoms with Gasteiger partial charge < -0.3 is 15.4 Å². The normalized spacial score (nSPS) is 14.1. The van der Waals surface area contributed by atoms with Crippen LogP contribution in [0.5, 0.6) is 5.75 Å². The first kappa shape index (κ1) is 14.2. The summed E-state index contributed by atoms with van der Waals surface area (Å²) in [4.78, 5) is 3.64. The minimum atomic E-state index is -0.391. The van der Waals surface area contributed by atoms with Crippen LogP contribution in [0.1, 0.15) is 23.8 Å². The number of nitrogen functional groups attached to an aromatic ring is 1. The molecule has 0 bridgehead atoms. The summed E-state index contributed by atoms with van der Waals surface area (Å²) in [7, 11) is 0. The highest BCUT2D eigenvalue weighted by atomic mass is 32.1. The molecule has 0 saturated carbocycles. The third kappa shape index (κ3) is 2.83. The van der Waals surface area contributed by atoms with Gasteiger partial charge in [-0.3, -0.25) is 0 Å². The van der Waals surface area contributed by atoms with Gasteiger partial charge in [-0.2, -0.15) is 0 Å². The molecule has 2 aromatic rings. The Hall–Kier alpha value is -1.75. The van der Waals surface area contributed by atoms with E-state index in [2.05, 4.69) is 16.3 Å². The van der Waals surface area contributed by atoms with Crippen LogP contribution in [-0.4, -0.2) is 13.2 Å². The number of benzene rings is 1. The van der Waals surface area contributed by atoms with Gasteiger partial charge in [0.15, 0.2) is 11.6 Å². The number of halogens is 1. The molecule has 112 valence electrons. The van der Waals surface area contributed by atoms with E-state index in [4.69, 9.17) is 10.5 Å². The summed E-state index contributed by atoms with van der Waals surface area (Å²) in [5.41, 5.74) is 8.68. The zero-order chi connectivity index (χ0) is 14.8. The van der Waals surface area contributed by atoms with E-state index in [0.29, 0.717) is 12.3 Å². The van der Waals surface area contributed by atoms with E-state index in [1.807, 2.05) is 6.92 Å². The zero-order valence-electron chi connectivity index (χ0n) is 12.1. The standard InChI is InChI=1S/C16H19FN2OS/c1-2-6-20-15-9-14(13(18)8-12(15)17)19-5-3-16-11(10-19)4-7-21-16/h4,7-9H,2-3,5-6,10,18H2,1H3. The summed E-state index contributed by atoms with van der Waals surface area (Å²) >= 11 is 1.80. The minimum Gasteiger partial charge on any atom is -0.490 e. The van der Waals surface area contributed by atoms with Gasteiger partial charge in [0.1, 0.15) is 0 Å². The van der Waals surface area contributed by atoms with Crippen LogP contribution in [0.2, 0.25) is 0 Å². The molecule has 0 fully saturated rings. The van der Waals surface area contributed by atoms with E-state index in [1.165, 1.54) is 16.5 Å². The lowest BCUT2D eigenvalue weighted by Gasteiger charge is -2.30. The highest BCUT2D eigenvalue weighted by molar-refractivity contribution is 7.10. The maximum Gasteiger partial charge on any atom is 0.167 e. The number of nitrogens with zero attached hydrogens (tertiary/aromatic N) is 1. The fourth-order valence-corrected chi connectivity index (χ4v) is 3.50. The lowest BCUT2D eigenvalue weighted by atomic mass is 10.1. The first-order valence-corrected chi connectivity index (χ1v) is 8.09. The maximum absolute atomic E-state index is 13.9. The van der Waals surface area contributed by atoms with Crippen molar-refractivity contribution in [2.75, 3.05) is 23.8 Å². The minimum absolute atomic E-state index is 0.289. The third-order valence-electron chi connectivity index (χ3n) is 3.69. The lowest BCUT2D eigenvalue weighted by Crippen LogP contribution is -2.30. The van der Waals surface area contributed by atoms with Crippen LogP contribution in [0.15, 0.2) is 23.6 Å². The molecule has 0 atom stereocenters. The fourth-order valence-electron chi connectivity index (χ4n) is 2.61. The molecule has 1 aliphatic rings. The molecule has 3 nitrogen and oxygen atoms in total. The van der Waals surface area contributed by atoms with E-state index in [0.717, 1.165) is 31.6 Å². The number of nitrogens with two attached hydrogens (primary N) is 1. The number of hydrogen-bond donors (Lipinski definition) is 1. The van der Waals surface area contributed by atoms with E-state index in [9.17, 15) is 4.39 Å². The van der Waals surface area contributed by atoms with E-state index >= 15 is 0 Å². The fraction of sp³-hybridized carbons (Fsp3) is 0.375. The van der Waals surface area contributed by atoms with Gasteiger partial charge in [-0.1, -0.05) is 6.92 Å². The molecule has 2 N–H and O–H groups in total. The van der Waals surface area contributed by atoms with Gasteiger partial charge in [-0.15, -0.1) is 11.3 Å². The van der Waals surface area contributed by atoms with Gasteiger partial charge in [0, 0.05) is 30.1 Å². The molecule has 0 saturated heterocycles. The lowest BCUT2D eigenvalue weighted by molar-refractivity contribution is 0.301. The maximum atomic E-state index is 13.9. The van der Waals surface area contributed by atoms with Crippen LogP contribution < -0.4 is 15.4 Å². The summed E-state index contributed by atoms with van der Waals surface area (Å²) in [6.07, 6.45) is 1.86. The Labute approximate surface area is 128 Å². The van der Waals surface area contributed by atoms with Crippen molar-refractivity contribution in [2.45, 2.75) is 26.3 Å². The molecule has 2 heterocycles. The molecule has 21 heavy (non-hydrogen) atoms. The Balaban J connectivity index is 1.88. The van der Waals surface area contributed by atoms with E-state index in [-0.39, 0.29) is 5.75 Å². The van der Waals surface area contributed by atoms with Crippen LogP contribution in [0.4, 0.5) is 15.8 Å². The summed E-state index contributed by atoms with van der Waals surface area (Å²) in [5, 5.41) is 2.12. The summed E-state index contributed by atoms with van der Waals surface area (Å²) in [6.45, 7) is 4.23. The molecule has 0 unspecified atom stereocenters. The summed E-state index contributed by atoms with van der Waals surface area (Å²) < 4.78 is 19.4. The van der Waals surface area contributed by atoms with Crippen LogP contribution >= 0.6 is 11.3 Å². The van der Waals surface area contributed by atoms with E-state index < -0.39 is 5.82 Å². The third-order valence-corrected chi connectivity index (χ3v) is 4.71. The quantitative estimate of drug-likeness (QED) is 0.873. The molecule has 1 aromatic heterocycles. The second-order valence-electron chi connectivity index (χ2n) is 5.23. The van der Waals surface area contributed by atoms with Gasteiger partial charge in [0.05, 0.1) is 18.0 Å². The van der Waals surface area contributed by atoms with Crippen molar-refractivity contribution in [3.8, 4) is 5.75 Å². The van der Waals surface area contributed by atoms with Gasteiger partial charge >= 0.3 is 0 Å². The van der Waals surface area contributed by atoms with E-state index in [1.54, 1.807) is 17.4 Å². The number of anilines is 2. The molecular weight excluding hydrogens is 287 g/mol. The SMILES string of the molecule is CCCOc1cc(N2CCc3sccc3C2)c(N)cc1F. The predicted octanol–water partition coefficient (Wildman–Crippen LogP) is 3.82. The first-order chi connectivity index (χ1) is 10.2. The number of hydrogen-bond acceptors (Lipinski definition) is 4. The van der Waals surface area contributed by atoms with Crippen molar-refractivity contribution in [3.63, 3.8) is 0 Å². The average Bonchev–Trinajstić information content (AvgIpc) is 2.94. The number of ether oxygens (including phenoxy) is 1. The van der Waals surface area contributed by atoms with Gasteiger partial charge in [0.25, 0.3) is 0 Å². The zero-order valence-corrected chi connectivity index (χ0v) is 12.9. The van der Waals surface area contributed by atoms with Crippen molar-refractivity contribution in [2.24, 2.45) is 0 Å². The molecule has 0 amide bonds. The number of rotatable bonds is 4. The van der Waals surface area contributed by atoms with Crippen molar-refractivity contribution < 1.29 is 9.13 Å². The van der Waals surface area contributed by atoms with Crippen molar-refractivity contribution in [1.29, 1.82) is 0 Å². The summed E-state index contributed by atoms with van der Waals surface area (Å²) in [5.74, 6) is -0.102. The van der Waals surface area contributed by atoms with Crippen LogP contribution in [-0.2, 0) is 13.0 Å². The average molecular weight is 306 g/mol. The molecule has 0 radical (unpaired) electrons. The topological polar surface area (TPSA) is 38.5 Å². The highest BCUT2D eigenvalue weighted by Crippen LogP contribution is 2.35. The molecule has 0 aliphatic carbocycles. The van der Waals surface area contributed by atoms with Gasteiger partial charge in [0.2, 0.25) is 0 Å². The molecular formula is C16H19FN2OS. The second kappa shape index (κ2) is 5.93. The Morgan fingerprint density at radius 1 is 1.43 bits per heavy atom. The Kier molecular flexibility index (Phi) is 4.01. The predicted molar refractivity (Wildman–Crippen MR) is 85.7 cm³/mol. The van der Waals surface area contributed by atoms with Crippen molar-refractivity contribution in [3.05, 3.63) is 39.8 Å². The highest BCUT2D eigenvalue weighted by Gasteiger charge is 2.20. The monoisotopic (exact) mass is 306 g/mol. The molecule has 0 spiro atoms. The Bertz CT molecular complexity index is 641. The molecule has 3 rings (SSSR count). The van der Waals surface area contributed by atoms with Crippen LogP contribution in [0.3, 0.4) is 0 Å². The van der Waals surface area contributed by atoms with Crippen molar-refractivity contribution in [1.82, 2.24) is 0 Å². The van der Waals surface area contributed by atoms with Crippen LogP contribution in [0, 0.1) is 5.82 Å². The largest absolute Gasteiger partial charge is 0.490 e. The number of fused-ring (bicyclic) bond motifs is 1. The van der Waals surface area contributed by atoms with Crippen LogP contribution in [0.25, 0.3) is 0 Å². The molecule has 1 aromatic carbocycles. The Morgan fingerprint density at radius 3 is 3.10 bits per heavy atom. The smallest absolute Gasteiger partial charge is 0.167 e. The molecule has 5 heteroatoms. The van der Waals surface area contributed by atoms with Gasteiger partial charge in [-0.05, 0) is 29.9 Å². The second-order valence-corrected chi connectivity index (χ2v) is 6.23. The van der Waals surface area contributed by atoms with Gasteiger partial charge in [-0.25, -0.2) is 4.39 Å².